The third kappa shape index (κ3) is 3.24. The minimum Gasteiger partial charge on any atom is -0.249 e. The van der Waals surface area contributed by atoms with E-state index in [9.17, 15) is 0 Å². The summed E-state index contributed by atoms with van der Waals surface area (Å²) < 4.78 is 0. The summed E-state index contributed by atoms with van der Waals surface area (Å²) in [6.07, 6.45) is 2.94. The summed E-state index contributed by atoms with van der Waals surface area (Å²) in [7, 11) is 0. The molecular weight excluding hydrogens is 204 g/mol. The average Bonchev–Trinajstić information content (AvgIpc) is 2.25. The fourth-order valence-electron chi connectivity index (χ4n) is 1.12. The first kappa shape index (κ1) is 12.1. The van der Waals surface area contributed by atoms with E-state index in [1.165, 1.54) is 6.42 Å². The van der Waals surface area contributed by atoms with Gasteiger partial charge < -0.3 is 0 Å². The molecule has 80 valence electrons. The highest BCUT2D eigenvalue weighted by Gasteiger charge is 2.08. The van der Waals surface area contributed by atoms with Gasteiger partial charge in [-0.2, -0.15) is 5.26 Å². The Balaban J connectivity index is 2.77. The Morgan fingerprint density at radius 2 is 2.33 bits per heavy atom. The number of hydrogen-bond acceptors (Lipinski definition) is 3. The number of thioether (sulfide) groups is 1. The molecule has 0 saturated carbocycles. The van der Waals surface area contributed by atoms with Gasteiger partial charge in [0.1, 0.15) is 11.1 Å². The quantitative estimate of drug-likeness (QED) is 0.730. The molecule has 3 heteroatoms. The Hall–Kier alpha value is -1.01. The van der Waals surface area contributed by atoms with Gasteiger partial charge in [-0.25, -0.2) is 4.98 Å². The number of aryl methyl sites for hydroxylation is 1. The molecule has 1 atom stereocenters. The number of nitrogens with zero attached hydrogens (tertiary/aromatic N) is 2. The summed E-state index contributed by atoms with van der Waals surface area (Å²) >= 11 is 1.68. The maximum absolute atomic E-state index is 9.02. The molecule has 0 spiro atoms. The first-order chi connectivity index (χ1) is 7.19. The number of pyridine rings is 1. The van der Waals surface area contributed by atoms with Crippen molar-refractivity contribution in [3.05, 3.63) is 23.4 Å². The van der Waals surface area contributed by atoms with Gasteiger partial charge >= 0.3 is 0 Å². The van der Waals surface area contributed by atoms with Crippen LogP contribution in [-0.2, 0) is 0 Å². The van der Waals surface area contributed by atoms with Gasteiger partial charge in [-0.05, 0) is 24.5 Å². The van der Waals surface area contributed by atoms with Gasteiger partial charge in [-0.15, -0.1) is 11.8 Å². The highest BCUT2D eigenvalue weighted by Crippen LogP contribution is 2.24. The zero-order chi connectivity index (χ0) is 11.3. The predicted octanol–water partition coefficient (Wildman–Crippen LogP) is 3.40. The molecule has 2 nitrogen and oxygen atoms in total. The highest BCUT2D eigenvalue weighted by atomic mass is 32.2. The van der Waals surface area contributed by atoms with Gasteiger partial charge in [0.05, 0.1) is 5.56 Å². The molecule has 1 rings (SSSR count). The van der Waals surface area contributed by atoms with Gasteiger partial charge in [0.15, 0.2) is 0 Å². The molecule has 1 aromatic heterocycles. The number of aromatic nitrogens is 1. The van der Waals surface area contributed by atoms with Crippen molar-refractivity contribution in [3.63, 3.8) is 0 Å². The summed E-state index contributed by atoms with van der Waals surface area (Å²) in [6.45, 7) is 6.35. The maximum atomic E-state index is 9.02. The van der Waals surface area contributed by atoms with Gasteiger partial charge in [-0.1, -0.05) is 20.3 Å². The Kier molecular flexibility index (Phi) is 4.64. The van der Waals surface area contributed by atoms with Gasteiger partial charge in [-0.3, -0.25) is 0 Å². The molecule has 15 heavy (non-hydrogen) atoms. The van der Waals surface area contributed by atoms with Crippen molar-refractivity contribution in [2.75, 3.05) is 5.75 Å². The predicted molar refractivity (Wildman–Crippen MR) is 63.9 cm³/mol. The topological polar surface area (TPSA) is 36.7 Å². The van der Waals surface area contributed by atoms with Crippen LogP contribution < -0.4 is 0 Å². The smallest absolute Gasteiger partial charge is 0.114 e. The van der Waals surface area contributed by atoms with Crippen molar-refractivity contribution >= 4 is 11.8 Å². The largest absolute Gasteiger partial charge is 0.249 e. The minimum atomic E-state index is 0.670. The van der Waals surface area contributed by atoms with E-state index in [4.69, 9.17) is 5.26 Å². The van der Waals surface area contributed by atoms with E-state index in [0.29, 0.717) is 5.92 Å². The third-order valence-corrected chi connectivity index (χ3v) is 3.76. The van der Waals surface area contributed by atoms with E-state index in [1.807, 2.05) is 13.0 Å². The molecule has 0 amide bonds. The molecule has 0 N–H and O–H groups in total. The summed E-state index contributed by atoms with van der Waals surface area (Å²) in [4.78, 5) is 4.26. The minimum absolute atomic E-state index is 0.670. The number of nitriles is 1. The normalized spacial score (nSPS) is 12.1. The van der Waals surface area contributed by atoms with Crippen LogP contribution in [-0.4, -0.2) is 10.7 Å². The van der Waals surface area contributed by atoms with Crippen molar-refractivity contribution in [3.8, 4) is 6.07 Å². The van der Waals surface area contributed by atoms with E-state index in [1.54, 1.807) is 18.0 Å². The van der Waals surface area contributed by atoms with Gasteiger partial charge in [0.25, 0.3) is 0 Å². The fraction of sp³-hybridized carbons (Fsp3) is 0.500. The Labute approximate surface area is 95.7 Å². The summed E-state index contributed by atoms with van der Waals surface area (Å²) in [5.74, 6) is 1.70. The van der Waals surface area contributed by atoms with Crippen molar-refractivity contribution in [1.29, 1.82) is 5.26 Å². The first-order valence-electron chi connectivity index (χ1n) is 5.17. The molecule has 0 aromatic carbocycles. The van der Waals surface area contributed by atoms with Crippen LogP contribution in [0.25, 0.3) is 0 Å². The van der Waals surface area contributed by atoms with Crippen LogP contribution in [0.4, 0.5) is 0 Å². The Bertz CT molecular complexity index is 368. The monoisotopic (exact) mass is 220 g/mol. The van der Waals surface area contributed by atoms with Crippen LogP contribution >= 0.6 is 11.8 Å². The second kappa shape index (κ2) is 5.77. The molecular formula is C12H16N2S. The third-order valence-electron chi connectivity index (χ3n) is 2.44. The molecule has 1 unspecified atom stereocenters. The van der Waals surface area contributed by atoms with Crippen LogP contribution in [0, 0.1) is 24.2 Å². The fourth-order valence-corrected chi connectivity index (χ4v) is 2.28. The van der Waals surface area contributed by atoms with E-state index < -0.39 is 0 Å². The molecule has 1 heterocycles. The number of hydrogen-bond donors (Lipinski definition) is 0. The summed E-state index contributed by atoms with van der Waals surface area (Å²) in [6, 6.07) is 4.10. The lowest BCUT2D eigenvalue weighted by Crippen LogP contribution is -1.98. The standard InChI is InChI=1S/C12H16N2S/c1-4-9(2)8-15-12-11(7-13)10(3)5-6-14-12/h5-6,9H,4,8H2,1-3H3. The first-order valence-corrected chi connectivity index (χ1v) is 6.16. The second-order valence-corrected chi connectivity index (χ2v) is 4.75. The van der Waals surface area contributed by atoms with Crippen LogP contribution in [0.5, 0.6) is 0 Å². The van der Waals surface area contributed by atoms with E-state index in [0.717, 1.165) is 21.9 Å². The van der Waals surface area contributed by atoms with Crippen molar-refractivity contribution in [2.24, 2.45) is 5.92 Å². The molecule has 0 aliphatic rings. The lowest BCUT2D eigenvalue weighted by Gasteiger charge is -2.08. The SMILES string of the molecule is CCC(C)CSc1nccc(C)c1C#N. The average molecular weight is 220 g/mol. The molecule has 0 bridgehead atoms. The van der Waals surface area contributed by atoms with E-state index >= 15 is 0 Å². The molecule has 0 radical (unpaired) electrons. The Morgan fingerprint density at radius 3 is 2.93 bits per heavy atom. The number of rotatable bonds is 4. The zero-order valence-electron chi connectivity index (χ0n) is 9.45. The second-order valence-electron chi connectivity index (χ2n) is 3.74. The van der Waals surface area contributed by atoms with Crippen molar-refractivity contribution in [1.82, 2.24) is 4.98 Å². The van der Waals surface area contributed by atoms with Crippen LogP contribution in [0.15, 0.2) is 17.3 Å². The maximum Gasteiger partial charge on any atom is 0.114 e. The Morgan fingerprint density at radius 1 is 1.60 bits per heavy atom. The van der Waals surface area contributed by atoms with Gasteiger partial charge in [0.2, 0.25) is 0 Å². The van der Waals surface area contributed by atoms with E-state index in [2.05, 4.69) is 24.9 Å². The molecule has 0 fully saturated rings. The summed E-state index contributed by atoms with van der Waals surface area (Å²) in [5, 5.41) is 9.89. The van der Waals surface area contributed by atoms with Crippen molar-refractivity contribution < 1.29 is 0 Å². The van der Waals surface area contributed by atoms with Crippen LogP contribution in [0.2, 0.25) is 0 Å². The van der Waals surface area contributed by atoms with Crippen LogP contribution in [0.1, 0.15) is 31.4 Å². The van der Waals surface area contributed by atoms with Crippen molar-refractivity contribution in [2.45, 2.75) is 32.2 Å². The summed E-state index contributed by atoms with van der Waals surface area (Å²) in [5.41, 5.74) is 1.74. The molecule has 0 aliphatic carbocycles. The van der Waals surface area contributed by atoms with E-state index in [-0.39, 0.29) is 0 Å². The van der Waals surface area contributed by atoms with Gasteiger partial charge in [0, 0.05) is 11.9 Å². The molecule has 0 saturated heterocycles. The lowest BCUT2D eigenvalue weighted by molar-refractivity contribution is 0.636. The van der Waals surface area contributed by atoms with Crippen LogP contribution in [0.3, 0.4) is 0 Å². The zero-order valence-corrected chi connectivity index (χ0v) is 10.3. The lowest BCUT2D eigenvalue weighted by atomic mass is 10.2. The molecule has 0 aliphatic heterocycles. The highest BCUT2D eigenvalue weighted by molar-refractivity contribution is 7.99. The molecule has 1 aromatic rings.